The molecule has 1 heterocycles. The van der Waals surface area contributed by atoms with Crippen LogP contribution in [0.15, 0.2) is 22.8 Å². The summed E-state index contributed by atoms with van der Waals surface area (Å²) in [7, 11) is 0. The first-order valence-corrected chi connectivity index (χ1v) is 4.45. The van der Waals surface area contributed by atoms with Gasteiger partial charge < -0.3 is 5.11 Å². The van der Waals surface area contributed by atoms with Gasteiger partial charge in [-0.1, -0.05) is 0 Å². The van der Waals surface area contributed by atoms with Gasteiger partial charge in [0.15, 0.2) is 0 Å². The van der Waals surface area contributed by atoms with Crippen LogP contribution in [-0.2, 0) is 6.42 Å². The molecule has 1 aromatic heterocycles. The number of pyridine rings is 1. The second kappa shape index (κ2) is 3.54. The van der Waals surface area contributed by atoms with Crippen LogP contribution in [-0.4, -0.2) is 15.7 Å². The maximum atomic E-state index is 9.38. The zero-order chi connectivity index (χ0) is 9.19. The Morgan fingerprint density at radius 3 is 2.75 bits per heavy atom. The molecule has 1 unspecified atom stereocenters. The molecule has 0 aliphatic rings. The Hall–Kier alpha value is -0.410. The van der Waals surface area contributed by atoms with Crippen LogP contribution in [0.5, 0.6) is 0 Å². The average Bonchev–Trinajstić information content (AvgIpc) is 1.91. The number of hydrogen-bond acceptors (Lipinski definition) is 2. The highest BCUT2D eigenvalue weighted by Crippen LogP contribution is 2.12. The van der Waals surface area contributed by atoms with Crippen molar-refractivity contribution >= 4 is 15.9 Å². The zero-order valence-corrected chi connectivity index (χ0v) is 8.50. The summed E-state index contributed by atoms with van der Waals surface area (Å²) in [6, 6.07) is 3.76. The van der Waals surface area contributed by atoms with Crippen LogP contribution in [0, 0.1) is 6.92 Å². The van der Waals surface area contributed by atoms with Gasteiger partial charge in [0.2, 0.25) is 0 Å². The molecule has 0 saturated carbocycles. The van der Waals surface area contributed by atoms with Gasteiger partial charge in [-0.15, -0.1) is 0 Å². The van der Waals surface area contributed by atoms with Crippen LogP contribution >= 0.6 is 15.9 Å². The fraction of sp³-hybridized carbons (Fsp3) is 0.333. The molecule has 2 nitrogen and oxygen atoms in total. The van der Waals surface area contributed by atoms with Gasteiger partial charge in [-0.25, -0.2) is 0 Å². The highest BCUT2D eigenvalue weighted by atomic mass is 79.9. The third kappa shape index (κ3) is 3.32. The largest absolute Gasteiger partial charge is 0.390 e. The first kappa shape index (κ1) is 9.68. The Balaban J connectivity index is 2.71. The number of halogens is 1. The number of aromatic nitrogens is 1. The van der Waals surface area contributed by atoms with Gasteiger partial charge in [-0.3, -0.25) is 4.98 Å². The normalized spacial score (nSPS) is 11.7. The van der Waals surface area contributed by atoms with E-state index in [2.05, 4.69) is 27.8 Å². The van der Waals surface area contributed by atoms with E-state index in [1.54, 1.807) is 13.1 Å². The van der Waals surface area contributed by atoms with Gasteiger partial charge in [0.1, 0.15) is 0 Å². The monoisotopic (exact) mass is 228 g/mol. The van der Waals surface area contributed by atoms with E-state index in [0.717, 1.165) is 10.2 Å². The molecule has 1 rings (SSSR count). The SMILES string of the molecule is [CH2]C(C)(O)Cc1ccc(Br)cn1. The molecule has 0 bridgehead atoms. The summed E-state index contributed by atoms with van der Waals surface area (Å²) in [6.45, 7) is 5.26. The number of aliphatic hydroxyl groups is 1. The third-order valence-corrected chi connectivity index (χ3v) is 1.82. The lowest BCUT2D eigenvalue weighted by Gasteiger charge is -2.15. The van der Waals surface area contributed by atoms with Gasteiger partial charge in [0.25, 0.3) is 0 Å². The molecule has 0 saturated heterocycles. The van der Waals surface area contributed by atoms with Crippen molar-refractivity contribution in [3.8, 4) is 0 Å². The van der Waals surface area contributed by atoms with Crippen LogP contribution in [0.1, 0.15) is 12.6 Å². The van der Waals surface area contributed by atoms with Gasteiger partial charge >= 0.3 is 0 Å². The minimum Gasteiger partial charge on any atom is -0.390 e. The third-order valence-electron chi connectivity index (χ3n) is 1.35. The number of hydrogen-bond donors (Lipinski definition) is 1. The van der Waals surface area contributed by atoms with E-state index >= 15 is 0 Å². The molecule has 0 aromatic carbocycles. The smallest absolute Gasteiger partial charge is 0.0676 e. The summed E-state index contributed by atoms with van der Waals surface area (Å²) in [5.74, 6) is 0. The van der Waals surface area contributed by atoms with Gasteiger partial charge in [-0.05, 0) is 41.9 Å². The summed E-state index contributed by atoms with van der Waals surface area (Å²) in [5, 5.41) is 9.38. The van der Waals surface area contributed by atoms with Crippen molar-refractivity contribution in [3.05, 3.63) is 35.4 Å². The Morgan fingerprint density at radius 2 is 2.33 bits per heavy atom. The summed E-state index contributed by atoms with van der Waals surface area (Å²) in [5.41, 5.74) is -0.0842. The molecule has 0 amide bonds. The molecule has 1 atom stereocenters. The Bertz CT molecular complexity index is 250. The molecule has 12 heavy (non-hydrogen) atoms. The molecular formula is C9H11BrNO. The average molecular weight is 229 g/mol. The van der Waals surface area contributed by atoms with E-state index in [4.69, 9.17) is 0 Å². The maximum absolute atomic E-state index is 9.38. The predicted octanol–water partition coefficient (Wildman–Crippen LogP) is 1.97. The minimum atomic E-state index is -0.930. The van der Waals surface area contributed by atoms with Crippen LogP contribution in [0.4, 0.5) is 0 Å². The molecule has 1 radical (unpaired) electrons. The fourth-order valence-electron chi connectivity index (χ4n) is 0.901. The van der Waals surface area contributed by atoms with E-state index < -0.39 is 5.60 Å². The van der Waals surface area contributed by atoms with Gasteiger partial charge in [-0.2, -0.15) is 0 Å². The fourth-order valence-corrected chi connectivity index (χ4v) is 1.14. The van der Waals surface area contributed by atoms with Crippen molar-refractivity contribution in [1.82, 2.24) is 4.98 Å². The van der Waals surface area contributed by atoms with Crippen LogP contribution < -0.4 is 0 Å². The first-order chi connectivity index (χ1) is 5.47. The van der Waals surface area contributed by atoms with E-state index in [1.807, 2.05) is 12.1 Å². The van der Waals surface area contributed by atoms with E-state index in [0.29, 0.717) is 6.42 Å². The van der Waals surface area contributed by atoms with Gasteiger partial charge in [0.05, 0.1) is 5.60 Å². The highest BCUT2D eigenvalue weighted by molar-refractivity contribution is 9.10. The van der Waals surface area contributed by atoms with Crippen LogP contribution in [0.3, 0.4) is 0 Å². The van der Waals surface area contributed by atoms with Crippen molar-refractivity contribution in [2.24, 2.45) is 0 Å². The molecule has 1 aromatic rings. The number of rotatable bonds is 2. The Morgan fingerprint density at radius 1 is 1.67 bits per heavy atom. The molecule has 65 valence electrons. The lowest BCUT2D eigenvalue weighted by molar-refractivity contribution is 0.108. The lowest BCUT2D eigenvalue weighted by Crippen LogP contribution is -2.22. The Kier molecular flexibility index (Phi) is 2.85. The topological polar surface area (TPSA) is 33.1 Å². The zero-order valence-electron chi connectivity index (χ0n) is 6.92. The summed E-state index contributed by atoms with van der Waals surface area (Å²) in [6.07, 6.45) is 2.18. The molecule has 1 N–H and O–H groups in total. The second-order valence-corrected chi connectivity index (χ2v) is 4.06. The quantitative estimate of drug-likeness (QED) is 0.840. The Labute approximate surface area is 80.8 Å². The van der Waals surface area contributed by atoms with Crippen LogP contribution in [0.2, 0.25) is 0 Å². The van der Waals surface area contributed by atoms with Crippen molar-refractivity contribution in [2.75, 3.05) is 0 Å². The lowest BCUT2D eigenvalue weighted by atomic mass is 10.0. The predicted molar refractivity (Wildman–Crippen MR) is 51.6 cm³/mol. The first-order valence-electron chi connectivity index (χ1n) is 3.65. The summed E-state index contributed by atoms with van der Waals surface area (Å²) < 4.78 is 0.940. The maximum Gasteiger partial charge on any atom is 0.0676 e. The van der Waals surface area contributed by atoms with Crippen molar-refractivity contribution < 1.29 is 5.11 Å². The molecule has 0 spiro atoms. The van der Waals surface area contributed by atoms with Crippen molar-refractivity contribution in [2.45, 2.75) is 18.9 Å². The standard InChI is InChI=1S/C9H11BrNO/c1-9(2,12)5-8-4-3-7(10)6-11-8/h3-4,6,12H,1,5H2,2H3. The highest BCUT2D eigenvalue weighted by Gasteiger charge is 2.13. The molecule has 0 fully saturated rings. The van der Waals surface area contributed by atoms with Crippen molar-refractivity contribution in [1.29, 1.82) is 0 Å². The van der Waals surface area contributed by atoms with E-state index in [9.17, 15) is 5.11 Å². The molecular weight excluding hydrogens is 218 g/mol. The molecule has 0 aliphatic carbocycles. The number of nitrogens with zero attached hydrogens (tertiary/aromatic N) is 1. The minimum absolute atomic E-state index is 0.472. The van der Waals surface area contributed by atoms with Gasteiger partial charge in [0, 0.05) is 22.8 Å². The molecule has 3 heteroatoms. The summed E-state index contributed by atoms with van der Waals surface area (Å²) >= 11 is 3.28. The van der Waals surface area contributed by atoms with E-state index in [-0.39, 0.29) is 0 Å². The molecule has 0 aliphatic heterocycles. The van der Waals surface area contributed by atoms with Crippen LogP contribution in [0.25, 0.3) is 0 Å². The summed E-state index contributed by atoms with van der Waals surface area (Å²) in [4.78, 5) is 4.12. The second-order valence-electron chi connectivity index (χ2n) is 3.14. The van der Waals surface area contributed by atoms with Crippen molar-refractivity contribution in [3.63, 3.8) is 0 Å². The van der Waals surface area contributed by atoms with E-state index in [1.165, 1.54) is 0 Å².